The Kier molecular flexibility index (Phi) is 18.7. The maximum Gasteiger partial charge on any atom is 0.354 e. The molecule has 2 aliphatic heterocycles. The predicted octanol–water partition coefficient (Wildman–Crippen LogP) is 4.39. The molecule has 6 heteroatoms. The molecule has 0 aromatic rings. The lowest BCUT2D eigenvalue weighted by Gasteiger charge is -2.04. The minimum absolute atomic E-state index is 0.0146. The second-order valence-electron chi connectivity index (χ2n) is 7.53. The van der Waals surface area contributed by atoms with Crippen molar-refractivity contribution in [1.29, 1.82) is 0 Å². The Hall–Kier alpha value is -8.44. The lowest BCUT2D eigenvalue weighted by atomic mass is 10.3. The standard InChI is InChI=1S/C42H12O6/c1-2-3-4-5-6-7-8-9-10-11-12-13-14-15-16-17-18-19-20-21-22-23-24-25-26-27-28-29-30-31-32-33-40(41(43)47-36-38-34-45-38)42(44)48-37-39-35-46-39/h38-39H,1,34-37H2. The summed E-state index contributed by atoms with van der Waals surface area (Å²) in [5, 5.41) is 0. The summed E-state index contributed by atoms with van der Waals surface area (Å²) in [7, 11) is 0. The molecule has 2 atom stereocenters. The van der Waals surface area contributed by atoms with Gasteiger partial charge in [-0.3, -0.25) is 0 Å². The molecule has 2 aliphatic rings. The van der Waals surface area contributed by atoms with Gasteiger partial charge in [-0.05, 0) is 104 Å². The minimum atomic E-state index is -0.924. The summed E-state index contributed by atoms with van der Waals surface area (Å²) in [6.07, 6.45) is -0.340. The second kappa shape index (κ2) is 25.1. The molecule has 2 fully saturated rings. The summed E-state index contributed by atoms with van der Waals surface area (Å²) in [5.74, 6) is -1.85. The summed E-state index contributed by atoms with van der Waals surface area (Å²) in [6, 6.07) is 0. The maximum atomic E-state index is 12.2. The number of hydrogen-bond acceptors (Lipinski definition) is 6. The number of carbonyl (C=O) groups is 2. The molecule has 0 aromatic heterocycles. The highest BCUT2D eigenvalue weighted by Gasteiger charge is 2.29. The number of hydrogen-bond donors (Lipinski definition) is 0. The summed E-state index contributed by atoms with van der Waals surface area (Å²) < 4.78 is 19.9. The summed E-state index contributed by atoms with van der Waals surface area (Å²) in [6.45, 7) is 4.32. The molecule has 2 rings (SSSR count). The summed E-state index contributed by atoms with van der Waals surface area (Å²) in [5.41, 5.74) is 78.3. The molecule has 0 aliphatic carbocycles. The van der Waals surface area contributed by atoms with Gasteiger partial charge in [-0.1, -0.05) is 5.73 Å². The molecule has 0 spiro atoms. The zero-order valence-corrected chi connectivity index (χ0v) is 24.6. The smallest absolute Gasteiger partial charge is 0.354 e. The topological polar surface area (TPSA) is 77.7 Å². The van der Waals surface area contributed by atoms with Crippen molar-refractivity contribution in [3.05, 3.63) is 196 Å². The third-order valence-electron chi connectivity index (χ3n) is 4.10. The predicted molar refractivity (Wildman–Crippen MR) is 163 cm³/mol. The second-order valence-corrected chi connectivity index (χ2v) is 7.53. The number of rotatable bonds is 6. The first-order valence-electron chi connectivity index (χ1n) is 12.9. The average molecular weight is 613 g/mol. The van der Waals surface area contributed by atoms with Crippen molar-refractivity contribution in [2.45, 2.75) is 12.2 Å². The Bertz CT molecular complexity index is 2630. The Morgan fingerprint density at radius 2 is 0.667 bits per heavy atom. The zero-order valence-electron chi connectivity index (χ0n) is 24.6. The third kappa shape index (κ3) is 21.3. The fourth-order valence-corrected chi connectivity index (χ4v) is 2.01. The average Bonchev–Trinajstić information content (AvgIpc) is 4.03. The van der Waals surface area contributed by atoms with Crippen LogP contribution in [0.15, 0.2) is 196 Å². The van der Waals surface area contributed by atoms with Gasteiger partial charge in [-0.2, -0.15) is 0 Å². The van der Waals surface area contributed by atoms with E-state index in [2.05, 4.69) is 190 Å². The number of esters is 2. The first kappa shape index (κ1) is 35.8. The molecule has 0 radical (unpaired) electrons. The Morgan fingerprint density at radius 1 is 0.438 bits per heavy atom. The molecule has 0 saturated carbocycles. The fourth-order valence-electron chi connectivity index (χ4n) is 2.01. The van der Waals surface area contributed by atoms with Gasteiger partial charge < -0.3 is 18.9 Å². The highest BCUT2D eigenvalue weighted by atomic mass is 16.6. The van der Waals surface area contributed by atoms with Crippen LogP contribution in [0.25, 0.3) is 0 Å². The van der Waals surface area contributed by atoms with Crippen LogP contribution in [0, 0.1) is 0 Å². The summed E-state index contributed by atoms with van der Waals surface area (Å²) in [4.78, 5) is 24.3. The number of epoxide rings is 2. The van der Waals surface area contributed by atoms with Crippen LogP contribution >= 0.6 is 0 Å². The highest BCUT2D eigenvalue weighted by molar-refractivity contribution is 6.13. The van der Waals surface area contributed by atoms with Crippen LogP contribution in [0.5, 0.6) is 0 Å². The van der Waals surface area contributed by atoms with Crippen LogP contribution in [0.2, 0.25) is 0 Å². The Labute approximate surface area is 274 Å². The first-order valence-corrected chi connectivity index (χ1v) is 12.9. The van der Waals surface area contributed by atoms with Crippen LogP contribution in [0.1, 0.15) is 0 Å². The van der Waals surface area contributed by atoms with E-state index >= 15 is 0 Å². The van der Waals surface area contributed by atoms with Crippen molar-refractivity contribution in [3.8, 4) is 0 Å². The van der Waals surface area contributed by atoms with Gasteiger partial charge in [0.1, 0.15) is 25.4 Å². The van der Waals surface area contributed by atoms with Crippen LogP contribution in [0.3, 0.4) is 0 Å². The van der Waals surface area contributed by atoms with Gasteiger partial charge in [0.15, 0.2) is 5.57 Å². The largest absolute Gasteiger partial charge is 0.459 e. The van der Waals surface area contributed by atoms with E-state index in [1.807, 2.05) is 0 Å². The van der Waals surface area contributed by atoms with E-state index in [1.54, 1.807) is 0 Å². The molecular formula is C42H12O6. The first-order chi connectivity index (χ1) is 23.7. The zero-order chi connectivity index (χ0) is 34.2. The van der Waals surface area contributed by atoms with Crippen LogP contribution < -0.4 is 0 Å². The van der Waals surface area contributed by atoms with Gasteiger partial charge >= 0.3 is 11.9 Å². The molecule has 2 heterocycles. The van der Waals surface area contributed by atoms with E-state index in [9.17, 15) is 9.59 Å². The van der Waals surface area contributed by atoms with Gasteiger partial charge in [-0.15, -0.1) is 0 Å². The van der Waals surface area contributed by atoms with E-state index in [0.717, 1.165) is 0 Å². The lowest BCUT2D eigenvalue weighted by molar-refractivity contribution is -0.147. The monoisotopic (exact) mass is 612 g/mol. The summed E-state index contributed by atoms with van der Waals surface area (Å²) >= 11 is 0. The van der Waals surface area contributed by atoms with Crippen molar-refractivity contribution in [3.63, 3.8) is 0 Å². The van der Waals surface area contributed by atoms with Crippen LogP contribution in [0.4, 0.5) is 0 Å². The van der Waals surface area contributed by atoms with Gasteiger partial charge in [0.05, 0.1) is 13.2 Å². The van der Waals surface area contributed by atoms with Crippen molar-refractivity contribution >= 4 is 11.9 Å². The molecular weight excluding hydrogens is 600 g/mol. The molecule has 0 amide bonds. The van der Waals surface area contributed by atoms with Crippen LogP contribution in [-0.2, 0) is 28.5 Å². The molecule has 6 nitrogen and oxygen atoms in total. The molecule has 0 aromatic carbocycles. The normalized spacial score (nSPS) is 11.2. The van der Waals surface area contributed by atoms with Crippen molar-refractivity contribution < 1.29 is 28.5 Å². The maximum absolute atomic E-state index is 12.2. The van der Waals surface area contributed by atoms with E-state index in [0.29, 0.717) is 13.2 Å². The molecule has 2 unspecified atom stereocenters. The minimum Gasteiger partial charge on any atom is -0.459 e. The molecule has 0 N–H and O–H groups in total. The van der Waals surface area contributed by atoms with Gasteiger partial charge in [0.2, 0.25) is 0 Å². The van der Waals surface area contributed by atoms with Gasteiger partial charge in [-0.25, -0.2) is 9.59 Å². The molecule has 2 saturated heterocycles. The Balaban J connectivity index is 2.23. The van der Waals surface area contributed by atoms with E-state index in [-0.39, 0.29) is 25.4 Å². The fraction of sp³-hybridized carbons (Fsp3) is 0.143. The molecule has 0 bridgehead atoms. The lowest BCUT2D eigenvalue weighted by Crippen LogP contribution is -2.20. The van der Waals surface area contributed by atoms with Crippen molar-refractivity contribution in [2.24, 2.45) is 0 Å². The highest BCUT2D eigenvalue weighted by Crippen LogP contribution is 2.12. The van der Waals surface area contributed by atoms with Crippen LogP contribution in [-0.4, -0.2) is 50.6 Å². The SMILES string of the molecule is C=C=C=C=C=C=C=C=C=C=C=C=C=C=C=C=C=C=C=C=C=C=C=C=C=C=C=C=C=C=C=C=C=C(C(=O)OCC1CO1)C(=O)OCC1CO1. The van der Waals surface area contributed by atoms with E-state index < -0.39 is 17.5 Å². The van der Waals surface area contributed by atoms with Gasteiger partial charge in [0.25, 0.3) is 0 Å². The molecule has 216 valence electrons. The van der Waals surface area contributed by atoms with Gasteiger partial charge in [0, 0.05) is 80.2 Å². The van der Waals surface area contributed by atoms with E-state index in [1.165, 1.54) is 0 Å². The van der Waals surface area contributed by atoms with Crippen molar-refractivity contribution in [1.82, 2.24) is 0 Å². The van der Waals surface area contributed by atoms with Crippen molar-refractivity contribution in [2.75, 3.05) is 26.4 Å². The third-order valence-corrected chi connectivity index (χ3v) is 4.10. The number of ether oxygens (including phenoxy) is 4. The number of carbonyl (C=O) groups excluding carboxylic acids is 2. The van der Waals surface area contributed by atoms with E-state index in [4.69, 9.17) is 18.9 Å². The quantitative estimate of drug-likeness (QED) is 0.111. The Morgan fingerprint density at radius 3 is 0.896 bits per heavy atom. The molecule has 48 heavy (non-hydrogen) atoms.